The Kier molecular flexibility index (Phi) is 4.99. The molecule has 1 atom stereocenters. The molecule has 1 aliphatic rings. The van der Waals surface area contributed by atoms with Crippen LogP contribution in [0.3, 0.4) is 0 Å². The van der Waals surface area contributed by atoms with Gasteiger partial charge in [-0.1, -0.05) is 11.6 Å². The van der Waals surface area contributed by atoms with Gasteiger partial charge in [-0.05, 0) is 37.6 Å². The Balaban J connectivity index is 1.72. The number of halogens is 1. The van der Waals surface area contributed by atoms with E-state index in [9.17, 15) is 9.59 Å². The minimum Gasteiger partial charge on any atom is -0.342 e. The minimum atomic E-state index is -0.261. The van der Waals surface area contributed by atoms with Gasteiger partial charge in [0.1, 0.15) is 5.82 Å². The first-order valence-electron chi connectivity index (χ1n) is 8.10. The van der Waals surface area contributed by atoms with E-state index in [1.807, 2.05) is 0 Å². The standard InChI is InChI=1S/C18H19ClN4O2/c1-11-16(18(25)22-15-5-3-14(19)4-6-15)9-20-17(21-11)13-7-8-23(10-13)12(2)24/h3-6,9,13H,7-8,10H2,1-2H3,(H,22,25)/t13-/m1/s1. The van der Waals surface area contributed by atoms with Crippen LogP contribution < -0.4 is 5.32 Å². The fourth-order valence-corrected chi connectivity index (χ4v) is 3.02. The van der Waals surface area contributed by atoms with Gasteiger partial charge < -0.3 is 10.2 Å². The van der Waals surface area contributed by atoms with E-state index in [0.29, 0.717) is 34.3 Å². The Morgan fingerprint density at radius 3 is 2.60 bits per heavy atom. The number of anilines is 1. The molecule has 2 heterocycles. The molecule has 7 heteroatoms. The molecule has 130 valence electrons. The van der Waals surface area contributed by atoms with Gasteiger partial charge in [0.2, 0.25) is 5.91 Å². The topological polar surface area (TPSA) is 75.2 Å². The van der Waals surface area contributed by atoms with Gasteiger partial charge in [0, 0.05) is 42.8 Å². The lowest BCUT2D eigenvalue weighted by Crippen LogP contribution is -2.25. The Bertz CT molecular complexity index is 807. The molecule has 2 amide bonds. The summed E-state index contributed by atoms with van der Waals surface area (Å²) in [5.41, 5.74) is 1.71. The molecule has 0 aliphatic carbocycles. The molecule has 3 rings (SSSR count). The molecule has 1 aromatic carbocycles. The number of amides is 2. The van der Waals surface area contributed by atoms with Crippen molar-refractivity contribution in [3.05, 3.63) is 52.6 Å². The van der Waals surface area contributed by atoms with Gasteiger partial charge in [-0.25, -0.2) is 9.97 Å². The number of nitrogens with one attached hydrogen (secondary N) is 1. The molecule has 2 aromatic rings. The van der Waals surface area contributed by atoms with Crippen LogP contribution in [0, 0.1) is 6.92 Å². The van der Waals surface area contributed by atoms with E-state index in [0.717, 1.165) is 13.0 Å². The Morgan fingerprint density at radius 1 is 1.28 bits per heavy atom. The molecule has 0 saturated carbocycles. The third-order valence-electron chi connectivity index (χ3n) is 4.34. The first kappa shape index (κ1) is 17.4. The van der Waals surface area contributed by atoms with Crippen molar-refractivity contribution in [1.82, 2.24) is 14.9 Å². The van der Waals surface area contributed by atoms with Gasteiger partial charge in [-0.2, -0.15) is 0 Å². The molecule has 25 heavy (non-hydrogen) atoms. The van der Waals surface area contributed by atoms with Crippen molar-refractivity contribution in [2.24, 2.45) is 0 Å². The molecular formula is C18H19ClN4O2. The lowest BCUT2D eigenvalue weighted by molar-refractivity contribution is -0.127. The van der Waals surface area contributed by atoms with Crippen LogP contribution in [0.15, 0.2) is 30.5 Å². The summed E-state index contributed by atoms with van der Waals surface area (Å²) < 4.78 is 0. The fraction of sp³-hybridized carbons (Fsp3) is 0.333. The summed E-state index contributed by atoms with van der Waals surface area (Å²) in [6.45, 7) is 4.71. The molecule has 0 bridgehead atoms. The predicted molar refractivity (Wildman–Crippen MR) is 95.8 cm³/mol. The van der Waals surface area contributed by atoms with Crippen molar-refractivity contribution in [2.45, 2.75) is 26.2 Å². The molecule has 1 aliphatic heterocycles. The second kappa shape index (κ2) is 7.19. The van der Waals surface area contributed by atoms with Crippen molar-refractivity contribution in [2.75, 3.05) is 18.4 Å². The van der Waals surface area contributed by atoms with Gasteiger partial charge in [0.05, 0.1) is 11.3 Å². The van der Waals surface area contributed by atoms with Crippen LogP contribution in [-0.4, -0.2) is 39.8 Å². The second-order valence-electron chi connectivity index (χ2n) is 6.14. The van der Waals surface area contributed by atoms with E-state index >= 15 is 0 Å². The van der Waals surface area contributed by atoms with Gasteiger partial charge >= 0.3 is 0 Å². The van der Waals surface area contributed by atoms with Crippen molar-refractivity contribution in [3.8, 4) is 0 Å². The largest absolute Gasteiger partial charge is 0.342 e. The van der Waals surface area contributed by atoms with Crippen molar-refractivity contribution in [1.29, 1.82) is 0 Å². The summed E-state index contributed by atoms with van der Waals surface area (Å²) >= 11 is 5.84. The first-order valence-corrected chi connectivity index (χ1v) is 8.48. The highest BCUT2D eigenvalue weighted by molar-refractivity contribution is 6.30. The van der Waals surface area contributed by atoms with E-state index in [1.165, 1.54) is 0 Å². The summed E-state index contributed by atoms with van der Waals surface area (Å²) in [7, 11) is 0. The number of likely N-dealkylation sites (tertiary alicyclic amines) is 1. The number of aromatic nitrogens is 2. The monoisotopic (exact) mass is 358 g/mol. The molecule has 1 N–H and O–H groups in total. The Morgan fingerprint density at radius 2 is 2.00 bits per heavy atom. The van der Waals surface area contributed by atoms with Crippen LogP contribution in [0.5, 0.6) is 0 Å². The number of rotatable bonds is 3. The number of aryl methyl sites for hydroxylation is 1. The van der Waals surface area contributed by atoms with Gasteiger partial charge in [0.15, 0.2) is 0 Å². The van der Waals surface area contributed by atoms with Crippen LogP contribution in [0.25, 0.3) is 0 Å². The van der Waals surface area contributed by atoms with Crippen molar-refractivity contribution in [3.63, 3.8) is 0 Å². The maximum Gasteiger partial charge on any atom is 0.259 e. The molecule has 6 nitrogen and oxygen atoms in total. The summed E-state index contributed by atoms with van der Waals surface area (Å²) in [5, 5.41) is 3.42. The van der Waals surface area contributed by atoms with Crippen molar-refractivity contribution >= 4 is 29.1 Å². The number of hydrogen-bond acceptors (Lipinski definition) is 4. The quantitative estimate of drug-likeness (QED) is 0.915. The average Bonchev–Trinajstić information content (AvgIpc) is 3.07. The normalized spacial score (nSPS) is 16.8. The van der Waals surface area contributed by atoms with Crippen LogP contribution in [-0.2, 0) is 4.79 Å². The number of benzene rings is 1. The smallest absolute Gasteiger partial charge is 0.259 e. The van der Waals surface area contributed by atoms with Crippen LogP contribution >= 0.6 is 11.6 Å². The zero-order chi connectivity index (χ0) is 18.0. The predicted octanol–water partition coefficient (Wildman–Crippen LogP) is 3.03. The lowest BCUT2D eigenvalue weighted by atomic mass is 10.1. The van der Waals surface area contributed by atoms with Gasteiger partial charge in [-0.3, -0.25) is 9.59 Å². The fourth-order valence-electron chi connectivity index (χ4n) is 2.89. The minimum absolute atomic E-state index is 0.0678. The summed E-state index contributed by atoms with van der Waals surface area (Å²) in [6, 6.07) is 6.90. The molecule has 0 unspecified atom stereocenters. The average molecular weight is 359 g/mol. The number of hydrogen-bond donors (Lipinski definition) is 1. The highest BCUT2D eigenvalue weighted by Gasteiger charge is 2.28. The molecular weight excluding hydrogens is 340 g/mol. The van der Waals surface area contributed by atoms with E-state index in [2.05, 4.69) is 15.3 Å². The Labute approximate surface area is 151 Å². The van der Waals surface area contributed by atoms with E-state index < -0.39 is 0 Å². The highest BCUT2D eigenvalue weighted by Crippen LogP contribution is 2.25. The van der Waals surface area contributed by atoms with Crippen molar-refractivity contribution < 1.29 is 9.59 Å². The van der Waals surface area contributed by atoms with Gasteiger partial charge in [0.25, 0.3) is 5.91 Å². The Hall–Kier alpha value is -2.47. The molecule has 1 saturated heterocycles. The maximum atomic E-state index is 12.4. The molecule has 0 radical (unpaired) electrons. The summed E-state index contributed by atoms with van der Waals surface area (Å²) in [6.07, 6.45) is 2.40. The SMILES string of the molecule is CC(=O)N1CC[C@@H](c2ncc(C(=O)Nc3ccc(Cl)cc3)c(C)n2)C1. The molecule has 1 aromatic heterocycles. The van der Waals surface area contributed by atoms with Crippen LogP contribution in [0.2, 0.25) is 5.02 Å². The zero-order valence-electron chi connectivity index (χ0n) is 14.1. The second-order valence-corrected chi connectivity index (χ2v) is 6.58. The van der Waals surface area contributed by atoms with E-state index in [-0.39, 0.29) is 17.7 Å². The van der Waals surface area contributed by atoms with Crippen LogP contribution in [0.1, 0.15) is 41.1 Å². The molecule has 1 fully saturated rings. The first-order chi connectivity index (χ1) is 11.9. The lowest BCUT2D eigenvalue weighted by Gasteiger charge is -2.14. The summed E-state index contributed by atoms with van der Waals surface area (Å²) in [4.78, 5) is 34.5. The number of nitrogens with zero attached hydrogens (tertiary/aromatic N) is 3. The number of carbonyl (C=O) groups is 2. The van der Waals surface area contributed by atoms with Crippen LogP contribution in [0.4, 0.5) is 5.69 Å². The third kappa shape index (κ3) is 3.96. The van der Waals surface area contributed by atoms with E-state index in [1.54, 1.807) is 49.2 Å². The highest BCUT2D eigenvalue weighted by atomic mass is 35.5. The third-order valence-corrected chi connectivity index (χ3v) is 4.60. The van der Waals surface area contributed by atoms with Gasteiger partial charge in [-0.15, -0.1) is 0 Å². The maximum absolute atomic E-state index is 12.4. The number of carbonyl (C=O) groups excluding carboxylic acids is 2. The zero-order valence-corrected chi connectivity index (χ0v) is 14.9. The molecule has 0 spiro atoms. The van der Waals surface area contributed by atoms with E-state index in [4.69, 9.17) is 11.6 Å². The summed E-state index contributed by atoms with van der Waals surface area (Å²) in [5.74, 6) is 0.613.